The maximum atomic E-state index is 11.0. The van der Waals surface area contributed by atoms with Gasteiger partial charge in [-0.15, -0.1) is 0 Å². The molecule has 0 amide bonds. The first kappa shape index (κ1) is 12.6. The van der Waals surface area contributed by atoms with E-state index in [2.05, 4.69) is 0 Å². The molecule has 0 saturated heterocycles. The summed E-state index contributed by atoms with van der Waals surface area (Å²) in [5.74, 6) is 0.123. The quantitative estimate of drug-likeness (QED) is 0.479. The van der Waals surface area contributed by atoms with Crippen molar-refractivity contribution in [3.8, 4) is 0 Å². The van der Waals surface area contributed by atoms with E-state index >= 15 is 0 Å². The number of hydrogen-bond acceptors (Lipinski definition) is 1. The minimum absolute atomic E-state index is 0. The SMILES string of the molecule is CC(=O)c1cccc([NH+](C)C)c1.[I-]. The third-order valence-corrected chi connectivity index (χ3v) is 1.85. The molecule has 1 rings (SSSR count). The number of hydrogen-bond donors (Lipinski definition) is 1. The zero-order valence-corrected chi connectivity index (χ0v) is 10.3. The standard InChI is InChI=1S/C10H13NO.HI/c1-8(12)9-5-4-6-10(7-9)11(2)3;/h4-7H,1-3H3;1H. The smallest absolute Gasteiger partial charge is 0.160 e. The van der Waals surface area contributed by atoms with Gasteiger partial charge in [0, 0.05) is 11.6 Å². The van der Waals surface area contributed by atoms with Crippen molar-refractivity contribution in [1.29, 1.82) is 0 Å². The lowest BCUT2D eigenvalue weighted by Crippen LogP contribution is -3.00. The Kier molecular flexibility index (Phi) is 5.17. The molecule has 1 aromatic rings. The molecule has 0 fully saturated rings. The molecule has 0 aromatic heterocycles. The van der Waals surface area contributed by atoms with E-state index in [0.717, 1.165) is 11.3 Å². The van der Waals surface area contributed by atoms with Crippen molar-refractivity contribution in [2.24, 2.45) is 0 Å². The molecule has 0 heterocycles. The van der Waals surface area contributed by atoms with Gasteiger partial charge in [0.25, 0.3) is 0 Å². The van der Waals surface area contributed by atoms with Crippen LogP contribution in [0.15, 0.2) is 24.3 Å². The van der Waals surface area contributed by atoms with Gasteiger partial charge in [0.05, 0.1) is 14.1 Å². The van der Waals surface area contributed by atoms with Crippen LogP contribution in [0.5, 0.6) is 0 Å². The Morgan fingerprint density at radius 2 is 1.92 bits per heavy atom. The van der Waals surface area contributed by atoms with Crippen molar-refractivity contribution in [3.63, 3.8) is 0 Å². The number of Topliss-reactive ketones (excluding diaryl/α,β-unsaturated/α-hetero) is 1. The van der Waals surface area contributed by atoms with Gasteiger partial charge in [-0.05, 0) is 13.0 Å². The van der Waals surface area contributed by atoms with Gasteiger partial charge >= 0.3 is 0 Å². The number of carbonyl (C=O) groups is 1. The molecule has 72 valence electrons. The first-order valence-electron chi connectivity index (χ1n) is 4.03. The predicted molar refractivity (Wildman–Crippen MR) is 48.9 cm³/mol. The van der Waals surface area contributed by atoms with Gasteiger partial charge in [-0.3, -0.25) is 4.79 Å². The molecule has 2 nitrogen and oxygen atoms in total. The van der Waals surface area contributed by atoms with Crippen LogP contribution in [0.1, 0.15) is 17.3 Å². The zero-order chi connectivity index (χ0) is 9.14. The second-order valence-electron chi connectivity index (χ2n) is 3.14. The molecular formula is C10H14INO. The summed E-state index contributed by atoms with van der Waals surface area (Å²) in [5.41, 5.74) is 1.93. The maximum Gasteiger partial charge on any atom is 0.160 e. The summed E-state index contributed by atoms with van der Waals surface area (Å²) < 4.78 is 0. The van der Waals surface area contributed by atoms with Crippen molar-refractivity contribution < 1.29 is 33.7 Å². The Hall–Kier alpha value is -0.420. The highest BCUT2D eigenvalue weighted by Gasteiger charge is 2.03. The Balaban J connectivity index is 0.00000144. The molecule has 0 radical (unpaired) electrons. The Morgan fingerprint density at radius 3 is 2.38 bits per heavy atom. The summed E-state index contributed by atoms with van der Waals surface area (Å²) in [6.07, 6.45) is 0. The van der Waals surface area contributed by atoms with Crippen LogP contribution in [-0.4, -0.2) is 19.9 Å². The van der Waals surface area contributed by atoms with Crippen molar-refractivity contribution in [3.05, 3.63) is 29.8 Å². The molecule has 0 aliphatic carbocycles. The van der Waals surface area contributed by atoms with E-state index < -0.39 is 0 Å². The minimum atomic E-state index is 0. The van der Waals surface area contributed by atoms with Crippen molar-refractivity contribution in [1.82, 2.24) is 0 Å². The van der Waals surface area contributed by atoms with Crippen LogP contribution >= 0.6 is 0 Å². The molecule has 0 unspecified atom stereocenters. The van der Waals surface area contributed by atoms with Gasteiger partial charge in [0.1, 0.15) is 5.69 Å². The molecule has 0 bridgehead atoms. The Morgan fingerprint density at radius 1 is 1.31 bits per heavy atom. The second kappa shape index (κ2) is 5.34. The predicted octanol–water partition coefficient (Wildman–Crippen LogP) is -2.33. The largest absolute Gasteiger partial charge is 1.00 e. The molecule has 3 heteroatoms. The molecule has 0 saturated carbocycles. The van der Waals surface area contributed by atoms with E-state index in [1.807, 2.05) is 38.4 Å². The van der Waals surface area contributed by atoms with Crippen LogP contribution in [0.25, 0.3) is 0 Å². The highest BCUT2D eigenvalue weighted by molar-refractivity contribution is 5.94. The summed E-state index contributed by atoms with van der Waals surface area (Å²) in [7, 11) is 4.08. The summed E-state index contributed by atoms with van der Waals surface area (Å²) >= 11 is 0. The van der Waals surface area contributed by atoms with Crippen molar-refractivity contribution in [2.45, 2.75) is 6.92 Å². The van der Waals surface area contributed by atoms with Gasteiger partial charge in [-0.1, -0.05) is 12.1 Å². The summed E-state index contributed by atoms with van der Waals surface area (Å²) in [6, 6.07) is 7.70. The molecular weight excluding hydrogens is 277 g/mol. The summed E-state index contributed by atoms with van der Waals surface area (Å²) in [5, 5.41) is 0. The third-order valence-electron chi connectivity index (χ3n) is 1.85. The minimum Gasteiger partial charge on any atom is -1.00 e. The molecule has 1 N–H and O–H groups in total. The lowest BCUT2D eigenvalue weighted by Gasteiger charge is -2.06. The number of benzene rings is 1. The average molecular weight is 291 g/mol. The topological polar surface area (TPSA) is 21.5 Å². The van der Waals surface area contributed by atoms with Crippen LogP contribution in [-0.2, 0) is 0 Å². The van der Waals surface area contributed by atoms with E-state index in [1.54, 1.807) is 6.92 Å². The Labute approximate surface area is 96.0 Å². The van der Waals surface area contributed by atoms with E-state index in [9.17, 15) is 4.79 Å². The first-order valence-corrected chi connectivity index (χ1v) is 4.03. The first-order chi connectivity index (χ1) is 5.61. The highest BCUT2D eigenvalue weighted by atomic mass is 127. The number of halogens is 1. The number of quaternary nitrogens is 1. The van der Waals surface area contributed by atoms with Crippen LogP contribution in [0.2, 0.25) is 0 Å². The van der Waals surface area contributed by atoms with E-state index in [0.29, 0.717) is 0 Å². The van der Waals surface area contributed by atoms with Crippen LogP contribution in [0.4, 0.5) is 5.69 Å². The number of nitrogens with one attached hydrogen (secondary N) is 1. The lowest BCUT2D eigenvalue weighted by atomic mass is 10.1. The van der Waals surface area contributed by atoms with Gasteiger partial charge in [0.15, 0.2) is 5.78 Å². The molecule has 0 spiro atoms. The van der Waals surface area contributed by atoms with E-state index in [1.165, 1.54) is 4.90 Å². The monoisotopic (exact) mass is 291 g/mol. The molecule has 0 aliphatic heterocycles. The average Bonchev–Trinajstić information content (AvgIpc) is 2.04. The third kappa shape index (κ3) is 3.44. The fourth-order valence-electron chi connectivity index (χ4n) is 1.05. The van der Waals surface area contributed by atoms with Gasteiger partial charge in [0.2, 0.25) is 0 Å². The number of rotatable bonds is 2. The van der Waals surface area contributed by atoms with Crippen molar-refractivity contribution >= 4 is 11.5 Å². The molecule has 0 atom stereocenters. The van der Waals surface area contributed by atoms with Gasteiger partial charge < -0.3 is 28.9 Å². The fraction of sp³-hybridized carbons (Fsp3) is 0.300. The van der Waals surface area contributed by atoms with Gasteiger partial charge in [-0.25, -0.2) is 0 Å². The Bertz CT molecular complexity index is 297. The normalized spacial score (nSPS) is 9.54. The lowest BCUT2D eigenvalue weighted by molar-refractivity contribution is -0.786. The molecule has 1 aromatic carbocycles. The van der Waals surface area contributed by atoms with Gasteiger partial charge in [-0.2, -0.15) is 0 Å². The van der Waals surface area contributed by atoms with Crippen molar-refractivity contribution in [2.75, 3.05) is 14.1 Å². The summed E-state index contributed by atoms with van der Waals surface area (Å²) in [4.78, 5) is 12.2. The maximum absolute atomic E-state index is 11.0. The van der Waals surface area contributed by atoms with E-state index in [4.69, 9.17) is 0 Å². The molecule has 13 heavy (non-hydrogen) atoms. The van der Waals surface area contributed by atoms with Crippen LogP contribution in [0, 0.1) is 0 Å². The van der Waals surface area contributed by atoms with E-state index in [-0.39, 0.29) is 29.8 Å². The fourth-order valence-corrected chi connectivity index (χ4v) is 1.05. The van der Waals surface area contributed by atoms with Crippen LogP contribution < -0.4 is 28.9 Å². The zero-order valence-electron chi connectivity index (χ0n) is 8.10. The number of carbonyl (C=O) groups excluding carboxylic acids is 1. The highest BCUT2D eigenvalue weighted by Crippen LogP contribution is 2.06. The summed E-state index contributed by atoms with van der Waals surface area (Å²) in [6.45, 7) is 1.59. The second-order valence-corrected chi connectivity index (χ2v) is 3.14. The number of ketones is 1. The van der Waals surface area contributed by atoms with Crippen LogP contribution in [0.3, 0.4) is 0 Å². The molecule has 0 aliphatic rings.